The molecule has 0 radical (unpaired) electrons. The van der Waals surface area contributed by atoms with E-state index in [9.17, 15) is 0 Å². The van der Waals surface area contributed by atoms with Crippen molar-refractivity contribution in [2.24, 2.45) is 0 Å². The molecule has 0 amide bonds. The highest BCUT2D eigenvalue weighted by molar-refractivity contribution is 5.81. The van der Waals surface area contributed by atoms with Crippen LogP contribution in [0.4, 0.5) is 0 Å². The average Bonchev–Trinajstić information content (AvgIpc) is 3.32. The second kappa shape index (κ2) is 4.63. The number of benzene rings is 1. The fourth-order valence-corrected chi connectivity index (χ4v) is 3.65. The zero-order valence-corrected chi connectivity index (χ0v) is 13.4. The summed E-state index contributed by atoms with van der Waals surface area (Å²) in [5.74, 6) is 1.51. The van der Waals surface area contributed by atoms with E-state index in [0.717, 1.165) is 17.0 Å². The standard InChI is InChI=1S/C19H20N4/c1-19(7-2-8-19)15-6-5-14-11-22-23(17(14)9-15)18-10-16(13-3-4-13)20-12-21-18/h5-6,9-13H,2-4,7-8H2,1H3. The van der Waals surface area contributed by atoms with Crippen LogP contribution < -0.4 is 0 Å². The molecular weight excluding hydrogens is 284 g/mol. The summed E-state index contributed by atoms with van der Waals surface area (Å²) in [5, 5.41) is 5.75. The van der Waals surface area contributed by atoms with E-state index >= 15 is 0 Å². The first kappa shape index (κ1) is 13.2. The molecule has 3 aromatic rings. The monoisotopic (exact) mass is 304 g/mol. The van der Waals surface area contributed by atoms with Crippen LogP contribution in [0.3, 0.4) is 0 Å². The van der Waals surface area contributed by atoms with Crippen molar-refractivity contribution in [2.75, 3.05) is 0 Å². The Labute approximate surface area is 135 Å². The minimum atomic E-state index is 0.341. The number of rotatable bonds is 3. The van der Waals surface area contributed by atoms with Gasteiger partial charge in [0.25, 0.3) is 0 Å². The lowest BCUT2D eigenvalue weighted by Crippen LogP contribution is -2.30. The Balaban J connectivity index is 1.63. The van der Waals surface area contributed by atoms with Crippen molar-refractivity contribution < 1.29 is 0 Å². The molecule has 2 heterocycles. The van der Waals surface area contributed by atoms with E-state index in [0.29, 0.717) is 11.3 Å². The molecule has 2 saturated carbocycles. The van der Waals surface area contributed by atoms with Gasteiger partial charge in [-0.2, -0.15) is 5.10 Å². The molecule has 4 heteroatoms. The van der Waals surface area contributed by atoms with Crippen LogP contribution >= 0.6 is 0 Å². The molecule has 2 aromatic heterocycles. The highest BCUT2D eigenvalue weighted by atomic mass is 15.3. The van der Waals surface area contributed by atoms with Crippen molar-refractivity contribution in [3.63, 3.8) is 0 Å². The number of nitrogens with zero attached hydrogens (tertiary/aromatic N) is 4. The van der Waals surface area contributed by atoms with Gasteiger partial charge < -0.3 is 0 Å². The lowest BCUT2D eigenvalue weighted by Gasteiger charge is -2.39. The van der Waals surface area contributed by atoms with E-state index < -0.39 is 0 Å². The number of hydrogen-bond donors (Lipinski definition) is 0. The molecule has 2 fully saturated rings. The van der Waals surface area contributed by atoms with E-state index in [1.54, 1.807) is 6.33 Å². The quantitative estimate of drug-likeness (QED) is 0.730. The molecule has 0 aliphatic heterocycles. The second-order valence-electron chi connectivity index (χ2n) is 7.32. The zero-order chi connectivity index (χ0) is 15.4. The molecule has 0 atom stereocenters. The smallest absolute Gasteiger partial charge is 0.157 e. The maximum absolute atomic E-state index is 4.58. The SMILES string of the molecule is CC1(c2ccc3cnn(-c4cc(C5CC5)ncn4)c3c2)CCC1. The van der Waals surface area contributed by atoms with Crippen molar-refractivity contribution >= 4 is 10.9 Å². The summed E-state index contributed by atoms with van der Waals surface area (Å²) in [6, 6.07) is 8.87. The van der Waals surface area contributed by atoms with Gasteiger partial charge in [-0.15, -0.1) is 0 Å². The Morgan fingerprint density at radius 2 is 2.00 bits per heavy atom. The van der Waals surface area contributed by atoms with Gasteiger partial charge in [-0.05, 0) is 42.7 Å². The molecule has 0 bridgehead atoms. The predicted molar refractivity (Wildman–Crippen MR) is 89.8 cm³/mol. The Bertz CT molecular complexity index is 887. The van der Waals surface area contributed by atoms with Crippen LogP contribution in [0.2, 0.25) is 0 Å². The van der Waals surface area contributed by atoms with E-state index in [-0.39, 0.29) is 0 Å². The zero-order valence-electron chi connectivity index (χ0n) is 13.4. The highest BCUT2D eigenvalue weighted by Gasteiger charge is 2.33. The van der Waals surface area contributed by atoms with Crippen molar-refractivity contribution in [1.29, 1.82) is 0 Å². The first-order valence-corrected chi connectivity index (χ1v) is 8.54. The number of fused-ring (bicyclic) bond motifs is 1. The second-order valence-corrected chi connectivity index (χ2v) is 7.32. The molecular formula is C19H20N4. The van der Waals surface area contributed by atoms with Gasteiger partial charge in [0.1, 0.15) is 6.33 Å². The maximum atomic E-state index is 4.58. The molecule has 23 heavy (non-hydrogen) atoms. The molecule has 5 rings (SSSR count). The summed E-state index contributed by atoms with van der Waals surface area (Å²) in [4.78, 5) is 8.88. The van der Waals surface area contributed by atoms with Crippen LogP contribution in [-0.2, 0) is 5.41 Å². The van der Waals surface area contributed by atoms with Crippen molar-refractivity contribution in [3.05, 3.63) is 48.0 Å². The lowest BCUT2D eigenvalue weighted by molar-refractivity contribution is 0.272. The fourth-order valence-electron chi connectivity index (χ4n) is 3.65. The molecule has 1 aromatic carbocycles. The van der Waals surface area contributed by atoms with E-state index in [1.165, 1.54) is 43.1 Å². The molecule has 0 unspecified atom stereocenters. The van der Waals surface area contributed by atoms with Crippen LogP contribution in [-0.4, -0.2) is 19.7 Å². The first-order valence-electron chi connectivity index (χ1n) is 8.54. The molecule has 0 N–H and O–H groups in total. The third-order valence-electron chi connectivity index (χ3n) is 5.61. The van der Waals surface area contributed by atoms with Gasteiger partial charge in [-0.1, -0.05) is 25.5 Å². The number of hydrogen-bond acceptors (Lipinski definition) is 3. The molecule has 4 nitrogen and oxygen atoms in total. The Morgan fingerprint density at radius 1 is 1.13 bits per heavy atom. The van der Waals surface area contributed by atoms with Crippen molar-refractivity contribution in [1.82, 2.24) is 19.7 Å². The highest BCUT2D eigenvalue weighted by Crippen LogP contribution is 2.44. The van der Waals surface area contributed by atoms with Crippen molar-refractivity contribution in [2.45, 2.75) is 50.4 Å². The average molecular weight is 304 g/mol. The maximum Gasteiger partial charge on any atom is 0.157 e. The molecule has 0 saturated heterocycles. The van der Waals surface area contributed by atoms with E-state index in [1.807, 2.05) is 10.9 Å². The summed E-state index contributed by atoms with van der Waals surface area (Å²) in [7, 11) is 0. The van der Waals surface area contributed by atoms with Crippen LogP contribution in [0.5, 0.6) is 0 Å². The third-order valence-corrected chi connectivity index (χ3v) is 5.61. The van der Waals surface area contributed by atoms with Gasteiger partial charge in [0, 0.05) is 23.1 Å². The molecule has 116 valence electrons. The molecule has 2 aliphatic carbocycles. The Morgan fingerprint density at radius 3 is 2.74 bits per heavy atom. The van der Waals surface area contributed by atoms with Gasteiger partial charge in [0.15, 0.2) is 5.82 Å². The molecule has 0 spiro atoms. The van der Waals surface area contributed by atoms with Crippen LogP contribution in [0.15, 0.2) is 36.8 Å². The van der Waals surface area contributed by atoms with Gasteiger partial charge in [-0.3, -0.25) is 0 Å². The van der Waals surface area contributed by atoms with Crippen molar-refractivity contribution in [3.8, 4) is 5.82 Å². The topological polar surface area (TPSA) is 43.6 Å². The van der Waals surface area contributed by atoms with Gasteiger partial charge >= 0.3 is 0 Å². The lowest BCUT2D eigenvalue weighted by atomic mass is 9.66. The van der Waals surface area contributed by atoms with Gasteiger partial charge in [0.05, 0.1) is 11.7 Å². The summed E-state index contributed by atoms with van der Waals surface area (Å²) in [6.45, 7) is 2.37. The van der Waals surface area contributed by atoms with E-state index in [2.05, 4.69) is 46.3 Å². The van der Waals surface area contributed by atoms with Crippen LogP contribution in [0.1, 0.15) is 56.2 Å². The Hall–Kier alpha value is -2.23. The minimum Gasteiger partial charge on any atom is -0.241 e. The molecule has 2 aliphatic rings. The summed E-state index contributed by atoms with van der Waals surface area (Å²) in [6.07, 6.45) is 10.0. The summed E-state index contributed by atoms with van der Waals surface area (Å²) >= 11 is 0. The van der Waals surface area contributed by atoms with Gasteiger partial charge in [-0.25, -0.2) is 14.6 Å². The summed E-state index contributed by atoms with van der Waals surface area (Å²) < 4.78 is 1.97. The van der Waals surface area contributed by atoms with E-state index in [4.69, 9.17) is 0 Å². The fraction of sp³-hybridized carbons (Fsp3) is 0.421. The first-order chi connectivity index (χ1) is 11.2. The minimum absolute atomic E-state index is 0.341. The Kier molecular flexibility index (Phi) is 2.67. The summed E-state index contributed by atoms with van der Waals surface area (Å²) in [5.41, 5.74) is 4.07. The number of aromatic nitrogens is 4. The largest absolute Gasteiger partial charge is 0.241 e. The predicted octanol–water partition coefficient (Wildman–Crippen LogP) is 4.13. The normalized spacial score (nSPS) is 19.7. The third kappa shape index (κ3) is 2.08. The van der Waals surface area contributed by atoms with Gasteiger partial charge in [0.2, 0.25) is 0 Å². The van der Waals surface area contributed by atoms with Crippen LogP contribution in [0, 0.1) is 0 Å². The van der Waals surface area contributed by atoms with Crippen LogP contribution in [0.25, 0.3) is 16.7 Å².